The number of ether oxygens (including phenoxy) is 4. The van der Waals surface area contributed by atoms with Crippen LogP contribution >= 0.6 is 0 Å². The predicted octanol–water partition coefficient (Wildman–Crippen LogP) is 2.89. The molecule has 0 aliphatic rings. The highest BCUT2D eigenvalue weighted by molar-refractivity contribution is 5.60. The van der Waals surface area contributed by atoms with E-state index in [0.29, 0.717) is 13.0 Å². The van der Waals surface area contributed by atoms with Crippen LogP contribution in [0.25, 0.3) is 0 Å². The highest BCUT2D eigenvalue weighted by Crippen LogP contribution is 2.05. The van der Waals surface area contributed by atoms with Crippen molar-refractivity contribution >= 4 is 12.3 Å². The van der Waals surface area contributed by atoms with Crippen LogP contribution in [0.5, 0.6) is 0 Å². The zero-order valence-electron chi connectivity index (χ0n) is 11.3. The maximum Gasteiger partial charge on any atom is 0.508 e. The van der Waals surface area contributed by atoms with Crippen LogP contribution in [0.1, 0.15) is 39.5 Å². The van der Waals surface area contributed by atoms with Crippen molar-refractivity contribution in [3.8, 4) is 0 Å². The summed E-state index contributed by atoms with van der Waals surface area (Å²) in [7, 11) is 1.23. The fourth-order valence-corrected chi connectivity index (χ4v) is 1.18. The Bertz CT molecular complexity index is 241. The lowest BCUT2D eigenvalue weighted by Gasteiger charge is -2.16. The fourth-order valence-electron chi connectivity index (χ4n) is 1.18. The van der Waals surface area contributed by atoms with Gasteiger partial charge in [0.2, 0.25) is 0 Å². The van der Waals surface area contributed by atoms with E-state index in [-0.39, 0.29) is 6.61 Å². The second-order valence-corrected chi connectivity index (χ2v) is 3.75. The summed E-state index contributed by atoms with van der Waals surface area (Å²) in [6.45, 7) is 4.25. The molecule has 0 N–H and O–H groups in total. The maximum absolute atomic E-state index is 11.2. The van der Waals surface area contributed by atoms with E-state index in [1.807, 2.05) is 13.8 Å². The lowest BCUT2D eigenvalue weighted by molar-refractivity contribution is -0.0136. The molecule has 106 valence electrons. The van der Waals surface area contributed by atoms with Gasteiger partial charge < -0.3 is 18.9 Å². The number of methoxy groups -OCH3 is 1. The van der Waals surface area contributed by atoms with Crippen LogP contribution < -0.4 is 0 Å². The molecular weight excluding hydrogens is 240 g/mol. The van der Waals surface area contributed by atoms with Crippen molar-refractivity contribution in [1.82, 2.24) is 0 Å². The number of carbonyl (C=O) groups excluding carboxylic acids is 2. The van der Waals surface area contributed by atoms with E-state index in [2.05, 4.69) is 4.74 Å². The number of hydrogen-bond donors (Lipinski definition) is 0. The van der Waals surface area contributed by atoms with Crippen LogP contribution in [0.15, 0.2) is 0 Å². The van der Waals surface area contributed by atoms with Gasteiger partial charge in [0.25, 0.3) is 0 Å². The molecule has 0 bridgehead atoms. The lowest BCUT2D eigenvalue weighted by Crippen LogP contribution is -2.25. The Labute approximate surface area is 108 Å². The summed E-state index contributed by atoms with van der Waals surface area (Å²) in [6, 6.07) is 0. The van der Waals surface area contributed by atoms with Gasteiger partial charge in [-0.15, -0.1) is 0 Å². The Balaban J connectivity index is 3.87. The largest absolute Gasteiger partial charge is 0.508 e. The summed E-state index contributed by atoms with van der Waals surface area (Å²) in [5, 5.41) is 0. The zero-order valence-corrected chi connectivity index (χ0v) is 11.3. The first-order chi connectivity index (χ1) is 8.63. The molecule has 0 aromatic carbocycles. The number of unbranched alkanes of at least 4 members (excludes halogenated alkanes) is 1. The molecule has 6 heteroatoms. The van der Waals surface area contributed by atoms with Crippen LogP contribution in [0.3, 0.4) is 0 Å². The van der Waals surface area contributed by atoms with Crippen LogP contribution in [0.2, 0.25) is 0 Å². The minimum Gasteiger partial charge on any atom is -0.438 e. The van der Waals surface area contributed by atoms with E-state index in [1.165, 1.54) is 7.11 Å². The summed E-state index contributed by atoms with van der Waals surface area (Å²) in [5.41, 5.74) is 0. The zero-order chi connectivity index (χ0) is 13.8. The first-order valence-electron chi connectivity index (χ1n) is 6.18. The third-order valence-electron chi connectivity index (χ3n) is 2.15. The molecule has 0 saturated heterocycles. The highest BCUT2D eigenvalue weighted by Gasteiger charge is 2.16. The molecule has 0 spiro atoms. The van der Waals surface area contributed by atoms with Crippen LogP contribution in [0.4, 0.5) is 9.59 Å². The van der Waals surface area contributed by atoms with Crippen LogP contribution in [-0.4, -0.2) is 38.7 Å². The summed E-state index contributed by atoms with van der Waals surface area (Å²) in [6.07, 6.45) is 1.12. The minimum atomic E-state index is -0.781. The van der Waals surface area contributed by atoms with E-state index in [0.717, 1.165) is 19.3 Å². The molecule has 0 aliphatic carbocycles. The molecular formula is C12H22O6. The molecule has 0 rings (SSSR count). The maximum atomic E-state index is 11.2. The Morgan fingerprint density at radius 2 is 1.78 bits per heavy atom. The number of hydrogen-bond acceptors (Lipinski definition) is 6. The van der Waals surface area contributed by atoms with Gasteiger partial charge in [0.1, 0.15) is 12.7 Å². The molecule has 1 unspecified atom stereocenters. The van der Waals surface area contributed by atoms with E-state index in [1.54, 1.807) is 0 Å². The van der Waals surface area contributed by atoms with Gasteiger partial charge >= 0.3 is 12.3 Å². The summed E-state index contributed by atoms with van der Waals surface area (Å²) in [5.74, 6) is 0. The molecule has 18 heavy (non-hydrogen) atoms. The normalized spacial score (nSPS) is 11.5. The van der Waals surface area contributed by atoms with E-state index in [9.17, 15) is 9.59 Å². The Hall–Kier alpha value is -1.46. The quantitative estimate of drug-likeness (QED) is 0.494. The van der Waals surface area contributed by atoms with Gasteiger partial charge in [0.15, 0.2) is 0 Å². The van der Waals surface area contributed by atoms with Crippen molar-refractivity contribution in [3.05, 3.63) is 0 Å². The molecule has 0 aromatic rings. The molecule has 0 aromatic heterocycles. The SMILES string of the molecule is CCCCOC(=O)OCC(CCC)OC(=O)OC. The number of rotatable bonds is 8. The standard InChI is InChI=1S/C12H22O6/c1-4-6-8-16-12(14)17-9-10(7-5-2)18-11(13)15-3/h10H,4-9H2,1-3H3. The fraction of sp³-hybridized carbons (Fsp3) is 0.833. The smallest absolute Gasteiger partial charge is 0.438 e. The van der Waals surface area contributed by atoms with Gasteiger partial charge in [-0.2, -0.15) is 0 Å². The van der Waals surface area contributed by atoms with Crippen molar-refractivity contribution in [2.45, 2.75) is 45.6 Å². The van der Waals surface area contributed by atoms with Gasteiger partial charge in [-0.25, -0.2) is 9.59 Å². The molecule has 0 aliphatic heterocycles. The summed E-state index contributed by atoms with van der Waals surface area (Å²) in [4.78, 5) is 22.1. The molecule has 6 nitrogen and oxygen atoms in total. The van der Waals surface area contributed by atoms with Gasteiger partial charge in [-0.1, -0.05) is 26.7 Å². The number of carbonyl (C=O) groups is 2. The van der Waals surface area contributed by atoms with Gasteiger partial charge in [0.05, 0.1) is 13.7 Å². The predicted molar refractivity (Wildman–Crippen MR) is 64.4 cm³/mol. The van der Waals surface area contributed by atoms with Crippen molar-refractivity contribution in [1.29, 1.82) is 0 Å². The minimum absolute atomic E-state index is 0.0199. The van der Waals surface area contributed by atoms with E-state index < -0.39 is 18.4 Å². The topological polar surface area (TPSA) is 71.1 Å². The van der Waals surface area contributed by atoms with Gasteiger partial charge in [-0.3, -0.25) is 0 Å². The first-order valence-corrected chi connectivity index (χ1v) is 6.18. The van der Waals surface area contributed by atoms with Crippen molar-refractivity contribution in [2.75, 3.05) is 20.3 Å². The second-order valence-electron chi connectivity index (χ2n) is 3.75. The van der Waals surface area contributed by atoms with Crippen molar-refractivity contribution in [2.24, 2.45) is 0 Å². The Morgan fingerprint density at radius 3 is 2.33 bits per heavy atom. The second kappa shape index (κ2) is 10.7. The molecule has 1 atom stereocenters. The van der Waals surface area contributed by atoms with E-state index in [4.69, 9.17) is 14.2 Å². The van der Waals surface area contributed by atoms with Crippen LogP contribution in [-0.2, 0) is 18.9 Å². The van der Waals surface area contributed by atoms with E-state index >= 15 is 0 Å². The van der Waals surface area contributed by atoms with Crippen molar-refractivity contribution in [3.63, 3.8) is 0 Å². The molecule has 0 radical (unpaired) electrons. The highest BCUT2D eigenvalue weighted by atomic mass is 16.7. The summed E-state index contributed by atoms with van der Waals surface area (Å²) < 4.78 is 19.0. The first kappa shape index (κ1) is 16.5. The monoisotopic (exact) mass is 262 g/mol. The third-order valence-corrected chi connectivity index (χ3v) is 2.15. The average Bonchev–Trinajstić information content (AvgIpc) is 2.36. The lowest BCUT2D eigenvalue weighted by atomic mass is 10.2. The average molecular weight is 262 g/mol. The molecule has 0 amide bonds. The Kier molecular flexibility index (Phi) is 9.81. The molecule has 0 saturated carbocycles. The molecule has 0 fully saturated rings. The Morgan fingerprint density at radius 1 is 1.06 bits per heavy atom. The summed E-state index contributed by atoms with van der Waals surface area (Å²) >= 11 is 0. The van der Waals surface area contributed by atoms with Crippen molar-refractivity contribution < 1.29 is 28.5 Å². The van der Waals surface area contributed by atoms with Gasteiger partial charge in [0, 0.05) is 0 Å². The van der Waals surface area contributed by atoms with Gasteiger partial charge in [-0.05, 0) is 12.8 Å². The molecule has 0 heterocycles. The van der Waals surface area contributed by atoms with Crippen LogP contribution in [0, 0.1) is 0 Å². The third kappa shape index (κ3) is 8.66.